The highest BCUT2D eigenvalue weighted by atomic mass is 15.2. The Morgan fingerprint density at radius 2 is 0.600 bits per heavy atom. The first-order valence-electron chi connectivity index (χ1n) is 24.9. The molecule has 0 spiro atoms. The quantitative estimate of drug-likeness (QED) is 0.150. The maximum absolute atomic E-state index is 2.49. The van der Waals surface area contributed by atoms with Crippen molar-refractivity contribution in [2.24, 2.45) is 0 Å². The molecule has 11 rings (SSSR count). The van der Waals surface area contributed by atoms with Crippen molar-refractivity contribution in [2.75, 3.05) is 9.80 Å². The number of anilines is 6. The van der Waals surface area contributed by atoms with E-state index in [2.05, 4.69) is 273 Å². The normalized spacial score (nSPS) is 12.1. The summed E-state index contributed by atoms with van der Waals surface area (Å²) < 4.78 is 0. The average molecular weight is 907 g/mol. The van der Waals surface area contributed by atoms with E-state index in [9.17, 15) is 0 Å². The second-order valence-corrected chi connectivity index (χ2v) is 21.8. The van der Waals surface area contributed by atoms with Crippen LogP contribution >= 0.6 is 0 Å². The fraction of sp³-hybridized carbons (Fsp3) is 0.176. The number of fused-ring (bicyclic) bond motifs is 6. The predicted molar refractivity (Wildman–Crippen MR) is 302 cm³/mol. The molecule has 2 heteroatoms. The van der Waals surface area contributed by atoms with E-state index in [1.165, 1.54) is 122 Å². The van der Waals surface area contributed by atoms with Crippen molar-refractivity contribution in [1.82, 2.24) is 0 Å². The fourth-order valence-corrected chi connectivity index (χ4v) is 10.4. The third kappa shape index (κ3) is 8.06. The van der Waals surface area contributed by atoms with Crippen molar-refractivity contribution >= 4 is 55.7 Å². The van der Waals surface area contributed by atoms with Gasteiger partial charge in [-0.15, -0.1) is 0 Å². The zero-order valence-electron chi connectivity index (χ0n) is 42.4. The molecule has 0 saturated heterocycles. The molecule has 0 N–H and O–H groups in total. The third-order valence-electron chi connectivity index (χ3n) is 14.8. The molecule has 0 aromatic heterocycles. The molecule has 0 bridgehead atoms. The summed E-state index contributed by atoms with van der Waals surface area (Å²) in [4.78, 5) is 4.99. The molecule has 0 saturated carbocycles. The molecule has 1 aliphatic carbocycles. The second-order valence-electron chi connectivity index (χ2n) is 21.8. The van der Waals surface area contributed by atoms with Crippen LogP contribution < -0.4 is 9.80 Å². The Morgan fingerprint density at radius 1 is 0.271 bits per heavy atom. The van der Waals surface area contributed by atoms with Crippen molar-refractivity contribution in [1.29, 1.82) is 0 Å². The highest BCUT2D eigenvalue weighted by molar-refractivity contribution is 6.12. The minimum atomic E-state index is 0.00384. The van der Waals surface area contributed by atoms with Gasteiger partial charge in [0.2, 0.25) is 0 Å². The van der Waals surface area contributed by atoms with Gasteiger partial charge in [-0.1, -0.05) is 163 Å². The molecular formula is C68H62N2. The average Bonchev–Trinajstić information content (AvgIpc) is 3.35. The van der Waals surface area contributed by atoms with Gasteiger partial charge in [-0.05, 0) is 211 Å². The van der Waals surface area contributed by atoms with Gasteiger partial charge >= 0.3 is 0 Å². The number of hydrogen-bond acceptors (Lipinski definition) is 2. The van der Waals surface area contributed by atoms with Gasteiger partial charge in [0.25, 0.3) is 0 Å². The minimum absolute atomic E-state index is 0.00384. The van der Waals surface area contributed by atoms with E-state index in [1.54, 1.807) is 0 Å². The van der Waals surface area contributed by atoms with Gasteiger partial charge in [0.1, 0.15) is 0 Å². The first-order chi connectivity index (χ1) is 33.6. The Labute approximate surface area is 415 Å². The molecule has 0 heterocycles. The van der Waals surface area contributed by atoms with Crippen LogP contribution in [0.3, 0.4) is 0 Å². The van der Waals surface area contributed by atoms with Crippen molar-refractivity contribution in [3.63, 3.8) is 0 Å². The van der Waals surface area contributed by atoms with Crippen molar-refractivity contribution in [3.05, 3.63) is 228 Å². The molecular weight excluding hydrogens is 845 g/mol. The lowest BCUT2D eigenvalue weighted by atomic mass is 9.78. The van der Waals surface area contributed by atoms with Crippen molar-refractivity contribution in [3.8, 4) is 44.5 Å². The van der Waals surface area contributed by atoms with Gasteiger partial charge in [0, 0.05) is 34.1 Å². The fourth-order valence-electron chi connectivity index (χ4n) is 10.4. The van der Waals surface area contributed by atoms with Crippen LogP contribution in [0.2, 0.25) is 0 Å². The summed E-state index contributed by atoms with van der Waals surface area (Å²) >= 11 is 0. The highest BCUT2D eigenvalue weighted by Crippen LogP contribution is 2.52. The van der Waals surface area contributed by atoms with Crippen molar-refractivity contribution < 1.29 is 0 Å². The summed E-state index contributed by atoms with van der Waals surface area (Å²) in [7, 11) is 0. The predicted octanol–water partition coefficient (Wildman–Crippen LogP) is 19.7. The molecule has 344 valence electrons. The van der Waals surface area contributed by atoms with Gasteiger partial charge in [0.15, 0.2) is 0 Å². The van der Waals surface area contributed by atoms with Crippen LogP contribution in [0.15, 0.2) is 194 Å². The Morgan fingerprint density at radius 3 is 0.957 bits per heavy atom. The largest absolute Gasteiger partial charge is 0.310 e. The monoisotopic (exact) mass is 906 g/mol. The lowest BCUT2D eigenvalue weighted by Gasteiger charge is -2.32. The summed E-state index contributed by atoms with van der Waals surface area (Å²) in [6.45, 7) is 22.8. The Kier molecular flexibility index (Phi) is 10.9. The first-order valence-corrected chi connectivity index (χ1v) is 24.9. The van der Waals surface area contributed by atoms with Crippen LogP contribution in [-0.2, 0) is 10.8 Å². The van der Waals surface area contributed by atoms with Gasteiger partial charge in [0.05, 0.1) is 0 Å². The molecule has 0 fully saturated rings. The van der Waals surface area contributed by atoms with Crippen LogP contribution in [0.25, 0.3) is 66.1 Å². The lowest BCUT2D eigenvalue weighted by molar-refractivity contribution is 0.590. The Balaban J connectivity index is 1.02. The summed E-state index contributed by atoms with van der Waals surface area (Å²) in [5.41, 5.74) is 24.8. The highest BCUT2D eigenvalue weighted by Gasteiger charge is 2.27. The molecule has 2 nitrogen and oxygen atoms in total. The van der Waals surface area contributed by atoms with E-state index >= 15 is 0 Å². The van der Waals surface area contributed by atoms with Crippen LogP contribution in [0.1, 0.15) is 74.9 Å². The van der Waals surface area contributed by atoms with Gasteiger partial charge in [-0.2, -0.15) is 0 Å². The first kappa shape index (κ1) is 44.8. The molecule has 0 aliphatic heterocycles. The Hall–Kier alpha value is -7.68. The van der Waals surface area contributed by atoms with Crippen LogP contribution in [-0.4, -0.2) is 0 Å². The molecule has 1 aliphatic rings. The Bertz CT molecular complexity index is 3400. The summed E-state index contributed by atoms with van der Waals surface area (Å²) in [6, 6.07) is 73.0. The van der Waals surface area contributed by atoms with Gasteiger partial charge < -0.3 is 9.80 Å². The maximum Gasteiger partial charge on any atom is 0.0497 e. The standard InChI is InChI=1S/C68H62N2/c1-43-21-25-51(47-17-13-11-14-18-47)39-63(43)69(65-41-55(67(5,6)7)29-23-45(65)3)57-31-27-49-35-59-61(37-53(49)33-57)60-36-50-28-32-58(34-54(50)38-62(59)60)70(66-42-56(68(8,9)10)30-24-46(66)4)64-40-52(26-22-44(64)2)48-19-15-12-16-20-48/h11-42H,1-10H3. The molecule has 10 aromatic rings. The number of benzene rings is 10. The maximum atomic E-state index is 2.49. The van der Waals surface area contributed by atoms with E-state index in [1.807, 2.05) is 0 Å². The molecule has 0 atom stereocenters. The van der Waals surface area contributed by atoms with Crippen LogP contribution in [0, 0.1) is 27.7 Å². The summed E-state index contributed by atoms with van der Waals surface area (Å²) in [5, 5.41) is 4.96. The number of nitrogens with zero attached hydrogens (tertiary/aromatic N) is 2. The zero-order valence-corrected chi connectivity index (χ0v) is 42.4. The lowest BCUT2D eigenvalue weighted by Crippen LogP contribution is -2.16. The van der Waals surface area contributed by atoms with Crippen LogP contribution in [0.5, 0.6) is 0 Å². The third-order valence-corrected chi connectivity index (χ3v) is 14.8. The van der Waals surface area contributed by atoms with Gasteiger partial charge in [-0.3, -0.25) is 0 Å². The molecule has 70 heavy (non-hydrogen) atoms. The van der Waals surface area contributed by atoms with E-state index in [4.69, 9.17) is 0 Å². The topological polar surface area (TPSA) is 6.48 Å². The van der Waals surface area contributed by atoms with E-state index in [0.717, 1.165) is 11.4 Å². The van der Waals surface area contributed by atoms with E-state index < -0.39 is 0 Å². The van der Waals surface area contributed by atoms with E-state index in [-0.39, 0.29) is 10.8 Å². The summed E-state index contributed by atoms with van der Waals surface area (Å²) in [5.74, 6) is 0. The number of aryl methyl sites for hydroxylation is 4. The number of hydrogen-bond donors (Lipinski definition) is 0. The van der Waals surface area contributed by atoms with Gasteiger partial charge in [-0.25, -0.2) is 0 Å². The van der Waals surface area contributed by atoms with Crippen LogP contribution in [0.4, 0.5) is 34.1 Å². The van der Waals surface area contributed by atoms with E-state index in [0.29, 0.717) is 0 Å². The zero-order chi connectivity index (χ0) is 48.6. The number of rotatable bonds is 8. The molecule has 10 aromatic carbocycles. The van der Waals surface area contributed by atoms with Crippen molar-refractivity contribution in [2.45, 2.75) is 80.1 Å². The summed E-state index contributed by atoms with van der Waals surface area (Å²) in [6.07, 6.45) is 0. The molecule has 0 radical (unpaired) electrons. The minimum Gasteiger partial charge on any atom is -0.310 e. The molecule has 0 amide bonds. The molecule has 0 unspecified atom stereocenters. The smallest absolute Gasteiger partial charge is 0.0497 e. The second kappa shape index (κ2) is 17.1. The SMILES string of the molecule is Cc1ccc(-c2ccccc2)cc1N(c1ccc2cc3c(cc2c1)-c1cc2ccc(N(c4cc(-c5ccccc5)ccc4C)c4cc(C(C)(C)C)ccc4C)cc2cc1-3)c1cc(C(C)(C)C)ccc1C.